The summed E-state index contributed by atoms with van der Waals surface area (Å²) in [5.41, 5.74) is 4.08. The summed E-state index contributed by atoms with van der Waals surface area (Å²) in [7, 11) is 0. The summed E-state index contributed by atoms with van der Waals surface area (Å²) in [4.78, 5) is 11.7. The van der Waals surface area contributed by atoms with Crippen LogP contribution in [0.5, 0.6) is 0 Å². The van der Waals surface area contributed by atoms with E-state index in [-0.39, 0.29) is 11.5 Å². The molecule has 1 unspecified atom stereocenters. The smallest absolute Gasteiger partial charge is 0.409 e. The molecule has 20 heavy (non-hydrogen) atoms. The lowest BCUT2D eigenvalue weighted by atomic mass is 10.1. The van der Waals surface area contributed by atoms with Gasteiger partial charge in [0.1, 0.15) is 0 Å². The van der Waals surface area contributed by atoms with E-state index >= 15 is 0 Å². The van der Waals surface area contributed by atoms with Gasteiger partial charge in [-0.05, 0) is 25.1 Å². The average Bonchev–Trinajstić information content (AvgIpc) is 2.37. The van der Waals surface area contributed by atoms with Crippen molar-refractivity contribution in [1.29, 1.82) is 0 Å². The van der Waals surface area contributed by atoms with Gasteiger partial charge < -0.3 is 16.3 Å². The van der Waals surface area contributed by atoms with E-state index in [0.717, 1.165) is 6.07 Å². The molecule has 0 radical (unpaired) electrons. The molecule has 4 N–H and O–H groups in total. The fraction of sp³-hybridized carbons (Fsp3) is 0.273. The van der Waals surface area contributed by atoms with Crippen LogP contribution >= 0.6 is 11.6 Å². The molecule has 0 saturated carbocycles. The van der Waals surface area contributed by atoms with Gasteiger partial charge in [0.05, 0.1) is 16.5 Å². The molecule has 0 heterocycles. The summed E-state index contributed by atoms with van der Waals surface area (Å²) in [5, 5.41) is 12.8. The van der Waals surface area contributed by atoms with Crippen molar-refractivity contribution in [3.05, 3.63) is 28.8 Å². The number of hydrogen-bond donors (Lipinski definition) is 3. The van der Waals surface area contributed by atoms with E-state index in [1.807, 2.05) is 0 Å². The highest BCUT2D eigenvalue weighted by molar-refractivity contribution is 6.31. The molecular weight excluding hydrogens is 299 g/mol. The number of benzene rings is 1. The molecule has 0 bridgehead atoms. The van der Waals surface area contributed by atoms with E-state index in [9.17, 15) is 18.0 Å². The molecule has 110 valence electrons. The van der Waals surface area contributed by atoms with Gasteiger partial charge in [-0.15, -0.1) is 0 Å². The molecule has 1 atom stereocenters. The minimum atomic E-state index is -4.63. The van der Waals surface area contributed by atoms with Gasteiger partial charge in [0, 0.05) is 5.69 Å². The van der Waals surface area contributed by atoms with Crippen LogP contribution in [-0.2, 0) is 11.0 Å². The molecule has 0 saturated heterocycles. The van der Waals surface area contributed by atoms with Gasteiger partial charge in [-0.3, -0.25) is 4.79 Å². The highest BCUT2D eigenvalue weighted by Gasteiger charge is 2.33. The van der Waals surface area contributed by atoms with Gasteiger partial charge in [0.2, 0.25) is 5.91 Å². The highest BCUT2D eigenvalue weighted by Crippen LogP contribution is 2.36. The van der Waals surface area contributed by atoms with Crippen LogP contribution in [0.2, 0.25) is 5.02 Å². The summed E-state index contributed by atoms with van der Waals surface area (Å²) in [5.74, 6) is -2.06. The lowest BCUT2D eigenvalue weighted by Gasteiger charge is -2.13. The summed E-state index contributed by atoms with van der Waals surface area (Å²) < 4.78 is 37.9. The summed E-state index contributed by atoms with van der Waals surface area (Å²) >= 11 is 5.45. The number of oxime groups is 1. The molecule has 1 aromatic carbocycles. The van der Waals surface area contributed by atoms with Crippen molar-refractivity contribution in [1.82, 2.24) is 0 Å². The lowest BCUT2D eigenvalue weighted by molar-refractivity contribution is -0.137. The average molecular weight is 310 g/mol. The number of anilines is 1. The van der Waals surface area contributed by atoms with Crippen LogP contribution in [0.3, 0.4) is 0 Å². The van der Waals surface area contributed by atoms with Crippen LogP contribution in [-0.4, -0.2) is 17.0 Å². The Morgan fingerprint density at radius 2 is 2.10 bits per heavy atom. The molecule has 1 amide bonds. The second-order valence-corrected chi connectivity index (χ2v) is 4.34. The first-order valence-corrected chi connectivity index (χ1v) is 5.69. The molecule has 0 aliphatic carbocycles. The van der Waals surface area contributed by atoms with E-state index in [1.165, 1.54) is 13.0 Å². The van der Waals surface area contributed by atoms with E-state index in [0.29, 0.717) is 6.07 Å². The Morgan fingerprint density at radius 1 is 1.50 bits per heavy atom. The highest BCUT2D eigenvalue weighted by atomic mass is 35.5. The van der Waals surface area contributed by atoms with Gasteiger partial charge in [0.25, 0.3) is 0 Å². The first-order valence-electron chi connectivity index (χ1n) is 5.32. The number of amidine groups is 1. The Morgan fingerprint density at radius 3 is 2.60 bits per heavy atom. The number of carbonyl (C=O) groups excluding carboxylic acids is 1. The summed E-state index contributed by atoms with van der Waals surface area (Å²) in [6.07, 6.45) is -4.63. The third-order valence-corrected chi connectivity index (χ3v) is 2.82. The first kappa shape index (κ1) is 16.1. The number of nitrogens with zero attached hydrogens (tertiary/aromatic N) is 1. The second-order valence-electron chi connectivity index (χ2n) is 3.93. The maximum atomic E-state index is 12.6. The number of halogens is 4. The minimum Gasteiger partial charge on any atom is -0.409 e. The number of carbonyl (C=O) groups is 1. The number of amides is 1. The summed E-state index contributed by atoms with van der Waals surface area (Å²) in [6, 6.07) is 2.95. The van der Waals surface area contributed by atoms with Crippen LogP contribution in [0.15, 0.2) is 23.4 Å². The van der Waals surface area contributed by atoms with Crippen molar-refractivity contribution < 1.29 is 23.2 Å². The fourth-order valence-corrected chi connectivity index (χ4v) is 1.52. The zero-order chi connectivity index (χ0) is 15.5. The molecule has 0 aliphatic rings. The number of nitrogens with two attached hydrogens (primary N) is 1. The predicted octanol–water partition coefficient (Wildman–Crippen LogP) is 2.68. The SMILES string of the molecule is CC(C(=O)Nc1ccc(Cl)c(C(F)(F)F)c1)C(N)=NO. The molecule has 5 nitrogen and oxygen atoms in total. The normalized spacial score (nSPS) is 13.9. The number of nitrogens with one attached hydrogen (secondary N) is 1. The zero-order valence-corrected chi connectivity index (χ0v) is 11.0. The van der Waals surface area contributed by atoms with Gasteiger partial charge in [-0.1, -0.05) is 16.8 Å². The number of rotatable bonds is 3. The van der Waals surface area contributed by atoms with E-state index in [2.05, 4.69) is 10.5 Å². The topological polar surface area (TPSA) is 87.7 Å². The third kappa shape index (κ3) is 3.77. The van der Waals surface area contributed by atoms with Crippen molar-refractivity contribution >= 4 is 29.0 Å². The largest absolute Gasteiger partial charge is 0.417 e. The molecular formula is C11H11ClF3N3O2. The van der Waals surface area contributed by atoms with Crippen molar-refractivity contribution in [3.8, 4) is 0 Å². The van der Waals surface area contributed by atoms with E-state index < -0.39 is 28.6 Å². The molecule has 0 fully saturated rings. The maximum absolute atomic E-state index is 12.6. The van der Waals surface area contributed by atoms with Crippen molar-refractivity contribution in [3.63, 3.8) is 0 Å². The molecule has 9 heteroatoms. The number of hydrogen-bond acceptors (Lipinski definition) is 3. The van der Waals surface area contributed by atoms with Crippen molar-refractivity contribution in [2.24, 2.45) is 16.8 Å². The van der Waals surface area contributed by atoms with Crippen LogP contribution in [0.1, 0.15) is 12.5 Å². The van der Waals surface area contributed by atoms with Crippen molar-refractivity contribution in [2.45, 2.75) is 13.1 Å². The van der Waals surface area contributed by atoms with Crippen LogP contribution in [0.4, 0.5) is 18.9 Å². The lowest BCUT2D eigenvalue weighted by Crippen LogP contribution is -2.32. The Labute approximate surface area is 117 Å². The first-order chi connectivity index (χ1) is 9.16. The zero-order valence-electron chi connectivity index (χ0n) is 10.2. The maximum Gasteiger partial charge on any atom is 0.417 e. The second kappa shape index (κ2) is 6.00. The predicted molar refractivity (Wildman–Crippen MR) is 67.7 cm³/mol. The van der Waals surface area contributed by atoms with Gasteiger partial charge >= 0.3 is 6.18 Å². The molecule has 0 spiro atoms. The van der Waals surface area contributed by atoms with Gasteiger partial charge in [-0.25, -0.2) is 0 Å². The Balaban J connectivity index is 2.98. The Kier molecular flexibility index (Phi) is 4.83. The van der Waals surface area contributed by atoms with Crippen LogP contribution < -0.4 is 11.1 Å². The van der Waals surface area contributed by atoms with E-state index in [4.69, 9.17) is 22.5 Å². The molecule has 1 rings (SSSR count). The van der Waals surface area contributed by atoms with Gasteiger partial charge in [0.15, 0.2) is 5.84 Å². The summed E-state index contributed by atoms with van der Waals surface area (Å²) in [6.45, 7) is 1.34. The third-order valence-electron chi connectivity index (χ3n) is 2.49. The van der Waals surface area contributed by atoms with Crippen LogP contribution in [0, 0.1) is 5.92 Å². The van der Waals surface area contributed by atoms with Crippen LogP contribution in [0.25, 0.3) is 0 Å². The van der Waals surface area contributed by atoms with E-state index in [1.54, 1.807) is 0 Å². The quantitative estimate of drug-likeness (QED) is 0.347. The minimum absolute atomic E-state index is 0.0932. The molecule has 0 aromatic heterocycles. The molecule has 0 aliphatic heterocycles. The van der Waals surface area contributed by atoms with Gasteiger partial charge in [-0.2, -0.15) is 13.2 Å². The Bertz CT molecular complexity index is 546. The number of alkyl halides is 3. The monoisotopic (exact) mass is 309 g/mol. The molecule has 1 aromatic rings. The van der Waals surface area contributed by atoms with Crippen molar-refractivity contribution in [2.75, 3.05) is 5.32 Å². The fourth-order valence-electron chi connectivity index (χ4n) is 1.29. The Hall–Kier alpha value is -1.96. The standard InChI is InChI=1S/C11H11ClF3N3O2/c1-5(9(16)18-20)10(19)17-6-2-3-8(12)7(4-6)11(13,14)15/h2-5,20H,1H3,(H2,16,18)(H,17,19).